The number of benzene rings is 8. The summed E-state index contributed by atoms with van der Waals surface area (Å²) in [5, 5.41) is 2.28. The van der Waals surface area contributed by atoms with Crippen LogP contribution in [0.25, 0.3) is 66.4 Å². The Balaban J connectivity index is 1.11. The SMILES string of the molecule is CC1(C)c2ccccc2-c2c(N(c3cccc(-c4ccc5c(c4)oc4ccccc45)c3)c3cccc(-c4cccc5c4C(C)(C)c4ccccc4-5)c3)cccc21. The average molecular weight is 720 g/mol. The Morgan fingerprint density at radius 3 is 1.79 bits per heavy atom. The summed E-state index contributed by atoms with van der Waals surface area (Å²) in [4.78, 5) is 2.48. The van der Waals surface area contributed by atoms with E-state index in [0.717, 1.165) is 44.4 Å². The van der Waals surface area contributed by atoms with Crippen molar-refractivity contribution >= 4 is 39.0 Å². The molecule has 0 saturated carbocycles. The first-order valence-electron chi connectivity index (χ1n) is 19.7. The normalized spacial score (nSPS) is 14.4. The van der Waals surface area contributed by atoms with Crippen LogP contribution in [0.5, 0.6) is 0 Å². The van der Waals surface area contributed by atoms with E-state index in [1.165, 1.54) is 61.3 Å². The van der Waals surface area contributed by atoms with E-state index in [2.05, 4.69) is 196 Å². The van der Waals surface area contributed by atoms with E-state index >= 15 is 0 Å². The first-order valence-corrected chi connectivity index (χ1v) is 19.7. The van der Waals surface area contributed by atoms with Gasteiger partial charge in [0.15, 0.2) is 0 Å². The van der Waals surface area contributed by atoms with Gasteiger partial charge in [0.2, 0.25) is 0 Å². The van der Waals surface area contributed by atoms with Crippen LogP contribution < -0.4 is 4.90 Å². The summed E-state index contributed by atoms with van der Waals surface area (Å²) in [6.45, 7) is 9.46. The highest BCUT2D eigenvalue weighted by atomic mass is 16.3. The zero-order chi connectivity index (χ0) is 37.8. The Bertz CT molecular complexity index is 3050. The van der Waals surface area contributed by atoms with Gasteiger partial charge < -0.3 is 9.32 Å². The smallest absolute Gasteiger partial charge is 0.136 e. The Labute approximate surface area is 328 Å². The van der Waals surface area contributed by atoms with Gasteiger partial charge in [0.25, 0.3) is 0 Å². The van der Waals surface area contributed by atoms with Gasteiger partial charge in [0, 0.05) is 38.5 Å². The van der Waals surface area contributed by atoms with E-state index in [4.69, 9.17) is 4.42 Å². The second kappa shape index (κ2) is 11.9. The molecule has 2 aliphatic carbocycles. The minimum absolute atomic E-state index is 0.121. The third-order valence-corrected chi connectivity index (χ3v) is 12.6. The van der Waals surface area contributed by atoms with Crippen LogP contribution in [0, 0.1) is 0 Å². The van der Waals surface area contributed by atoms with Crippen LogP contribution in [0.1, 0.15) is 49.9 Å². The summed E-state index contributed by atoms with van der Waals surface area (Å²) >= 11 is 0. The molecule has 2 heteroatoms. The summed E-state index contributed by atoms with van der Waals surface area (Å²) in [7, 11) is 0. The van der Waals surface area contributed by atoms with Crippen LogP contribution in [0.2, 0.25) is 0 Å². The lowest BCUT2D eigenvalue weighted by molar-refractivity contribution is 0.660. The zero-order valence-corrected chi connectivity index (χ0v) is 32.1. The Hall–Kier alpha value is -6.64. The zero-order valence-electron chi connectivity index (χ0n) is 32.1. The topological polar surface area (TPSA) is 16.4 Å². The fraction of sp³-hybridized carbons (Fsp3) is 0.111. The van der Waals surface area contributed by atoms with Gasteiger partial charge in [-0.3, -0.25) is 0 Å². The highest BCUT2D eigenvalue weighted by Crippen LogP contribution is 2.55. The Morgan fingerprint density at radius 2 is 0.964 bits per heavy atom. The minimum Gasteiger partial charge on any atom is -0.456 e. The molecule has 0 spiro atoms. The summed E-state index contributed by atoms with van der Waals surface area (Å²) in [5.74, 6) is 0. The lowest BCUT2D eigenvalue weighted by atomic mass is 9.79. The highest BCUT2D eigenvalue weighted by Gasteiger charge is 2.39. The molecule has 8 aromatic carbocycles. The van der Waals surface area contributed by atoms with Crippen molar-refractivity contribution in [3.05, 3.63) is 198 Å². The molecule has 56 heavy (non-hydrogen) atoms. The molecule has 0 atom stereocenters. The van der Waals surface area contributed by atoms with E-state index in [1.54, 1.807) is 0 Å². The van der Waals surface area contributed by atoms with Crippen molar-refractivity contribution in [1.82, 2.24) is 0 Å². The standard InChI is InChI=1S/C54H41NO/c1-53(2)46-25-9-6-21-44(46)51-47(53)26-14-27-48(51)55(37-17-11-15-34(31-37)35-29-30-42-41-20-7-10-28-49(41)56-50(42)33-35)38-18-12-16-36(32-38)39-22-13-23-43-40-19-5-8-24-45(40)54(3,4)52(39)43/h5-33H,1-4H3. The molecule has 0 fully saturated rings. The molecule has 2 aliphatic rings. The minimum atomic E-state index is -0.122. The van der Waals surface area contributed by atoms with Crippen LogP contribution >= 0.6 is 0 Å². The first kappa shape index (κ1) is 32.8. The van der Waals surface area contributed by atoms with Crippen molar-refractivity contribution in [3.63, 3.8) is 0 Å². The molecule has 1 heterocycles. The van der Waals surface area contributed by atoms with E-state index in [-0.39, 0.29) is 10.8 Å². The number of anilines is 3. The van der Waals surface area contributed by atoms with Gasteiger partial charge >= 0.3 is 0 Å². The molecule has 0 radical (unpaired) electrons. The molecule has 2 nitrogen and oxygen atoms in total. The van der Waals surface area contributed by atoms with Crippen molar-refractivity contribution in [2.75, 3.05) is 4.90 Å². The summed E-state index contributed by atoms with van der Waals surface area (Å²) in [6, 6.07) is 64.6. The predicted octanol–water partition coefficient (Wildman–Crippen LogP) is 15.0. The lowest BCUT2D eigenvalue weighted by Gasteiger charge is -2.30. The number of furan rings is 1. The number of hydrogen-bond donors (Lipinski definition) is 0. The molecule has 9 aromatic rings. The molecule has 0 saturated heterocycles. The van der Waals surface area contributed by atoms with Gasteiger partial charge in [-0.15, -0.1) is 0 Å². The van der Waals surface area contributed by atoms with Crippen LogP contribution in [0.3, 0.4) is 0 Å². The molecule has 0 aliphatic heterocycles. The molecule has 11 rings (SSSR count). The van der Waals surface area contributed by atoms with Gasteiger partial charge in [-0.2, -0.15) is 0 Å². The third kappa shape index (κ3) is 4.69. The maximum Gasteiger partial charge on any atom is 0.136 e. The monoisotopic (exact) mass is 719 g/mol. The number of fused-ring (bicyclic) bond motifs is 9. The molecule has 0 bridgehead atoms. The third-order valence-electron chi connectivity index (χ3n) is 12.6. The van der Waals surface area contributed by atoms with Gasteiger partial charge in [0.05, 0.1) is 5.69 Å². The maximum atomic E-state index is 6.35. The second-order valence-electron chi connectivity index (χ2n) is 16.5. The fourth-order valence-electron chi connectivity index (χ4n) is 9.98. The van der Waals surface area contributed by atoms with Crippen molar-refractivity contribution in [2.45, 2.75) is 38.5 Å². The molecular formula is C54H41NO. The Kier molecular flexibility index (Phi) is 6.98. The van der Waals surface area contributed by atoms with Gasteiger partial charge in [-0.25, -0.2) is 0 Å². The molecular weight excluding hydrogens is 679 g/mol. The molecule has 0 N–H and O–H groups in total. The van der Waals surface area contributed by atoms with Gasteiger partial charge in [-0.1, -0.05) is 155 Å². The van der Waals surface area contributed by atoms with E-state index in [9.17, 15) is 0 Å². The maximum absolute atomic E-state index is 6.35. The Morgan fingerprint density at radius 1 is 0.393 bits per heavy atom. The number of rotatable bonds is 5. The van der Waals surface area contributed by atoms with Crippen LogP contribution in [-0.4, -0.2) is 0 Å². The van der Waals surface area contributed by atoms with Crippen molar-refractivity contribution in [2.24, 2.45) is 0 Å². The van der Waals surface area contributed by atoms with Crippen molar-refractivity contribution in [1.29, 1.82) is 0 Å². The lowest BCUT2D eigenvalue weighted by Crippen LogP contribution is -2.16. The van der Waals surface area contributed by atoms with Crippen LogP contribution in [0.15, 0.2) is 180 Å². The van der Waals surface area contributed by atoms with Crippen molar-refractivity contribution < 1.29 is 4.42 Å². The number of para-hydroxylation sites is 1. The average Bonchev–Trinajstić information content (AvgIpc) is 3.81. The largest absolute Gasteiger partial charge is 0.456 e. The van der Waals surface area contributed by atoms with Gasteiger partial charge in [0.1, 0.15) is 11.2 Å². The van der Waals surface area contributed by atoms with E-state index in [0.29, 0.717) is 0 Å². The van der Waals surface area contributed by atoms with Crippen molar-refractivity contribution in [3.8, 4) is 44.5 Å². The first-order chi connectivity index (χ1) is 27.3. The summed E-state index contributed by atoms with van der Waals surface area (Å²) in [6.07, 6.45) is 0. The van der Waals surface area contributed by atoms with Crippen LogP contribution in [-0.2, 0) is 10.8 Å². The summed E-state index contributed by atoms with van der Waals surface area (Å²) < 4.78 is 6.35. The predicted molar refractivity (Wildman–Crippen MR) is 234 cm³/mol. The van der Waals surface area contributed by atoms with Gasteiger partial charge in [-0.05, 0) is 110 Å². The summed E-state index contributed by atoms with van der Waals surface area (Å²) in [5.41, 5.74) is 20.5. The van der Waals surface area contributed by atoms with E-state index in [1.807, 2.05) is 12.1 Å². The number of hydrogen-bond acceptors (Lipinski definition) is 2. The molecule has 268 valence electrons. The molecule has 0 amide bonds. The number of nitrogens with zero attached hydrogens (tertiary/aromatic N) is 1. The molecule has 0 unspecified atom stereocenters. The molecule has 1 aromatic heterocycles. The quantitative estimate of drug-likeness (QED) is 0.176. The fourth-order valence-corrected chi connectivity index (χ4v) is 9.98. The van der Waals surface area contributed by atoms with Crippen LogP contribution in [0.4, 0.5) is 17.1 Å². The highest BCUT2D eigenvalue weighted by molar-refractivity contribution is 6.06. The second-order valence-corrected chi connectivity index (χ2v) is 16.5. The van der Waals surface area contributed by atoms with E-state index < -0.39 is 0 Å².